The standard InChI is InChI=1S/C20H30N4O3/c25-18-16-1-4-20(5-7-23(8-6-20)15-2-11-26-12-3-15)17(16)21-19(22-18)24-9-13-27-14-10-24/h15H,1-14H2,(H,21,22,25). The predicted molar refractivity (Wildman–Crippen MR) is 103 cm³/mol. The number of piperidine rings is 1. The van der Waals surface area contributed by atoms with Crippen LogP contribution < -0.4 is 10.5 Å². The summed E-state index contributed by atoms with van der Waals surface area (Å²) in [5.41, 5.74) is 2.21. The summed E-state index contributed by atoms with van der Waals surface area (Å²) in [5, 5.41) is 0. The lowest BCUT2D eigenvalue weighted by Gasteiger charge is -2.43. The summed E-state index contributed by atoms with van der Waals surface area (Å²) in [6, 6.07) is 0.674. The molecule has 1 aromatic heterocycles. The van der Waals surface area contributed by atoms with E-state index in [1.165, 1.54) is 0 Å². The Bertz CT molecular complexity index is 729. The molecule has 1 spiro atoms. The summed E-state index contributed by atoms with van der Waals surface area (Å²) in [6.07, 6.45) is 6.50. The van der Waals surface area contributed by atoms with Crippen LogP contribution in [0.1, 0.15) is 43.4 Å². The van der Waals surface area contributed by atoms with E-state index in [1.54, 1.807) is 0 Å². The van der Waals surface area contributed by atoms with Gasteiger partial charge in [-0.25, -0.2) is 4.98 Å². The van der Waals surface area contributed by atoms with Gasteiger partial charge in [-0.05, 0) is 51.6 Å². The van der Waals surface area contributed by atoms with Crippen LogP contribution in [0.2, 0.25) is 0 Å². The number of aromatic nitrogens is 2. The Hall–Kier alpha value is -1.44. The highest BCUT2D eigenvalue weighted by atomic mass is 16.5. The van der Waals surface area contributed by atoms with Gasteiger partial charge in [0, 0.05) is 43.3 Å². The van der Waals surface area contributed by atoms with Crippen LogP contribution in [0.15, 0.2) is 4.79 Å². The average molecular weight is 374 g/mol. The van der Waals surface area contributed by atoms with Crippen LogP contribution in [0.3, 0.4) is 0 Å². The highest BCUT2D eigenvalue weighted by Gasteiger charge is 2.45. The highest BCUT2D eigenvalue weighted by Crippen LogP contribution is 2.45. The summed E-state index contributed by atoms with van der Waals surface area (Å²) in [7, 11) is 0. The van der Waals surface area contributed by atoms with Crippen LogP contribution in [0.4, 0.5) is 5.95 Å². The van der Waals surface area contributed by atoms with Crippen LogP contribution in [-0.4, -0.2) is 73.5 Å². The molecule has 4 aliphatic rings. The minimum absolute atomic E-state index is 0.0743. The summed E-state index contributed by atoms with van der Waals surface area (Å²) in [4.78, 5) is 25.6. The Morgan fingerprint density at radius 2 is 1.67 bits per heavy atom. The number of likely N-dealkylation sites (tertiary alicyclic amines) is 1. The third-order valence-corrected chi connectivity index (χ3v) is 7.13. The fourth-order valence-electron chi connectivity index (χ4n) is 5.42. The van der Waals surface area contributed by atoms with E-state index in [0.717, 1.165) is 95.1 Å². The van der Waals surface area contributed by atoms with Crippen molar-refractivity contribution >= 4 is 5.95 Å². The van der Waals surface area contributed by atoms with Crippen molar-refractivity contribution in [1.82, 2.24) is 14.9 Å². The minimum Gasteiger partial charge on any atom is -0.381 e. The van der Waals surface area contributed by atoms with E-state index >= 15 is 0 Å². The van der Waals surface area contributed by atoms with Crippen molar-refractivity contribution in [3.63, 3.8) is 0 Å². The minimum atomic E-state index is 0.0743. The number of nitrogens with zero attached hydrogens (tertiary/aromatic N) is 3. The second-order valence-electron chi connectivity index (χ2n) is 8.48. The van der Waals surface area contributed by atoms with Crippen molar-refractivity contribution < 1.29 is 9.47 Å². The Kier molecular flexibility index (Phi) is 4.70. The van der Waals surface area contributed by atoms with Crippen LogP contribution in [0.5, 0.6) is 0 Å². The van der Waals surface area contributed by atoms with Gasteiger partial charge < -0.3 is 19.3 Å². The first-order chi connectivity index (χ1) is 13.3. The van der Waals surface area contributed by atoms with Gasteiger partial charge in [-0.3, -0.25) is 9.78 Å². The van der Waals surface area contributed by atoms with E-state index in [9.17, 15) is 4.79 Å². The number of aromatic amines is 1. The number of hydrogen-bond donors (Lipinski definition) is 1. The molecule has 3 saturated heterocycles. The topological polar surface area (TPSA) is 70.7 Å². The van der Waals surface area contributed by atoms with Crippen LogP contribution in [-0.2, 0) is 21.3 Å². The van der Waals surface area contributed by atoms with E-state index < -0.39 is 0 Å². The van der Waals surface area contributed by atoms with Gasteiger partial charge in [-0.1, -0.05) is 0 Å². The fraction of sp³-hybridized carbons (Fsp3) is 0.800. The quantitative estimate of drug-likeness (QED) is 0.835. The second kappa shape index (κ2) is 7.18. The Balaban J connectivity index is 1.37. The molecule has 1 aromatic rings. The normalized spacial score (nSPS) is 26.4. The number of rotatable bonds is 2. The lowest BCUT2D eigenvalue weighted by molar-refractivity contribution is 0.0168. The summed E-state index contributed by atoms with van der Waals surface area (Å²) in [5.74, 6) is 0.746. The lowest BCUT2D eigenvalue weighted by Crippen LogP contribution is -2.48. The molecule has 7 heteroatoms. The monoisotopic (exact) mass is 374 g/mol. The molecule has 3 aliphatic heterocycles. The highest BCUT2D eigenvalue weighted by molar-refractivity contribution is 5.40. The van der Waals surface area contributed by atoms with Crippen molar-refractivity contribution in [3.8, 4) is 0 Å². The molecule has 148 valence electrons. The molecular weight excluding hydrogens is 344 g/mol. The SMILES string of the molecule is O=c1[nH]c(N2CCOCC2)nc2c1CCC21CCN(C2CCOCC2)CC1. The van der Waals surface area contributed by atoms with Gasteiger partial charge in [-0.15, -0.1) is 0 Å². The number of H-pyrrole nitrogens is 1. The average Bonchev–Trinajstić information content (AvgIpc) is 3.08. The first kappa shape index (κ1) is 17.6. The summed E-state index contributed by atoms with van der Waals surface area (Å²) < 4.78 is 11.0. The number of fused-ring (bicyclic) bond motifs is 2. The molecule has 0 amide bonds. The molecule has 0 unspecified atom stereocenters. The van der Waals surface area contributed by atoms with Gasteiger partial charge in [0.05, 0.1) is 18.9 Å². The molecule has 0 atom stereocenters. The molecule has 27 heavy (non-hydrogen) atoms. The van der Waals surface area contributed by atoms with Gasteiger partial charge in [-0.2, -0.15) is 0 Å². The Morgan fingerprint density at radius 1 is 0.963 bits per heavy atom. The molecule has 0 saturated carbocycles. The summed E-state index contributed by atoms with van der Waals surface area (Å²) in [6.45, 7) is 7.03. The number of nitrogens with one attached hydrogen (secondary N) is 1. The first-order valence-electron chi connectivity index (χ1n) is 10.5. The number of hydrogen-bond acceptors (Lipinski definition) is 6. The van der Waals surface area contributed by atoms with Crippen LogP contribution in [0, 0.1) is 0 Å². The number of morpholine rings is 1. The zero-order valence-electron chi connectivity index (χ0n) is 16.0. The maximum atomic E-state index is 12.7. The van der Waals surface area contributed by atoms with Gasteiger partial charge in [0.1, 0.15) is 0 Å². The zero-order chi connectivity index (χ0) is 18.3. The first-order valence-corrected chi connectivity index (χ1v) is 10.5. The molecule has 5 rings (SSSR count). The van der Waals surface area contributed by atoms with Gasteiger partial charge in [0.2, 0.25) is 5.95 Å². The largest absolute Gasteiger partial charge is 0.381 e. The Morgan fingerprint density at radius 3 is 2.41 bits per heavy atom. The Labute approximate surface area is 160 Å². The third kappa shape index (κ3) is 3.19. The molecule has 3 fully saturated rings. The van der Waals surface area contributed by atoms with Crippen molar-refractivity contribution in [2.45, 2.75) is 50.0 Å². The third-order valence-electron chi connectivity index (χ3n) is 7.13. The van der Waals surface area contributed by atoms with Crippen LogP contribution >= 0.6 is 0 Å². The molecule has 1 aliphatic carbocycles. The number of anilines is 1. The predicted octanol–water partition coefficient (Wildman–Crippen LogP) is 1.07. The van der Waals surface area contributed by atoms with Crippen molar-refractivity contribution in [2.24, 2.45) is 0 Å². The molecule has 0 aromatic carbocycles. The molecule has 7 nitrogen and oxygen atoms in total. The van der Waals surface area contributed by atoms with Crippen LogP contribution in [0.25, 0.3) is 0 Å². The smallest absolute Gasteiger partial charge is 0.255 e. The molecule has 0 radical (unpaired) electrons. The van der Waals surface area contributed by atoms with E-state index in [1.807, 2.05) is 0 Å². The molecule has 0 bridgehead atoms. The van der Waals surface area contributed by atoms with E-state index in [0.29, 0.717) is 19.3 Å². The van der Waals surface area contributed by atoms with Crippen molar-refractivity contribution in [3.05, 3.63) is 21.6 Å². The maximum absolute atomic E-state index is 12.7. The van der Waals surface area contributed by atoms with E-state index in [2.05, 4.69) is 14.8 Å². The lowest BCUT2D eigenvalue weighted by atomic mass is 9.75. The molecular formula is C20H30N4O3. The van der Waals surface area contributed by atoms with Gasteiger partial charge >= 0.3 is 0 Å². The van der Waals surface area contributed by atoms with E-state index in [-0.39, 0.29) is 11.0 Å². The van der Waals surface area contributed by atoms with Gasteiger partial charge in [0.15, 0.2) is 0 Å². The van der Waals surface area contributed by atoms with Gasteiger partial charge in [0.25, 0.3) is 5.56 Å². The molecule has 1 N–H and O–H groups in total. The van der Waals surface area contributed by atoms with Crippen molar-refractivity contribution in [2.75, 3.05) is 57.5 Å². The van der Waals surface area contributed by atoms with Crippen molar-refractivity contribution in [1.29, 1.82) is 0 Å². The fourth-order valence-corrected chi connectivity index (χ4v) is 5.42. The maximum Gasteiger partial charge on any atom is 0.255 e. The zero-order valence-corrected chi connectivity index (χ0v) is 16.0. The number of ether oxygens (including phenoxy) is 2. The second-order valence-corrected chi connectivity index (χ2v) is 8.48. The van der Waals surface area contributed by atoms with E-state index in [4.69, 9.17) is 14.5 Å². The molecule has 4 heterocycles. The summed E-state index contributed by atoms with van der Waals surface area (Å²) >= 11 is 0.